The fourth-order valence-corrected chi connectivity index (χ4v) is 5.06. The molecular formula is C17H31NO. The van der Waals surface area contributed by atoms with Crippen LogP contribution in [0.25, 0.3) is 0 Å². The molecule has 0 spiro atoms. The molecule has 0 aromatic carbocycles. The van der Waals surface area contributed by atoms with Crippen LogP contribution in [0.2, 0.25) is 0 Å². The molecule has 0 heterocycles. The second-order valence-electron chi connectivity index (χ2n) is 7.50. The van der Waals surface area contributed by atoms with E-state index in [9.17, 15) is 5.11 Å². The van der Waals surface area contributed by atoms with Gasteiger partial charge in [-0.25, -0.2) is 0 Å². The number of hydrogen-bond donors (Lipinski definition) is 1. The van der Waals surface area contributed by atoms with E-state index in [0.717, 1.165) is 24.2 Å². The molecular weight excluding hydrogens is 234 g/mol. The molecule has 3 aliphatic carbocycles. The van der Waals surface area contributed by atoms with E-state index in [4.69, 9.17) is 0 Å². The van der Waals surface area contributed by atoms with Gasteiger partial charge in [-0.2, -0.15) is 0 Å². The Morgan fingerprint density at radius 3 is 2.42 bits per heavy atom. The molecule has 1 N–H and O–H groups in total. The molecule has 0 aromatic rings. The van der Waals surface area contributed by atoms with E-state index in [1.54, 1.807) is 0 Å². The van der Waals surface area contributed by atoms with Gasteiger partial charge in [-0.1, -0.05) is 32.1 Å². The first kappa shape index (κ1) is 13.9. The van der Waals surface area contributed by atoms with Gasteiger partial charge in [-0.3, -0.25) is 0 Å². The van der Waals surface area contributed by atoms with Gasteiger partial charge in [0.2, 0.25) is 0 Å². The molecule has 5 unspecified atom stereocenters. The Morgan fingerprint density at radius 2 is 1.74 bits per heavy atom. The van der Waals surface area contributed by atoms with Crippen molar-refractivity contribution < 1.29 is 5.11 Å². The van der Waals surface area contributed by atoms with E-state index in [1.807, 2.05) is 0 Å². The number of aliphatic hydroxyl groups excluding tert-OH is 1. The van der Waals surface area contributed by atoms with Crippen molar-refractivity contribution in [2.75, 3.05) is 13.6 Å². The van der Waals surface area contributed by atoms with Gasteiger partial charge in [0.05, 0.1) is 6.10 Å². The highest BCUT2D eigenvalue weighted by Gasteiger charge is 2.40. The third kappa shape index (κ3) is 3.16. The Balaban J connectivity index is 1.54. The number of fused-ring (bicyclic) bond motifs is 2. The summed E-state index contributed by atoms with van der Waals surface area (Å²) < 4.78 is 0. The Bertz CT molecular complexity index is 293. The van der Waals surface area contributed by atoms with Crippen molar-refractivity contribution in [2.24, 2.45) is 17.8 Å². The van der Waals surface area contributed by atoms with Gasteiger partial charge >= 0.3 is 0 Å². The second kappa shape index (κ2) is 6.13. The number of aliphatic hydroxyl groups is 1. The van der Waals surface area contributed by atoms with Crippen LogP contribution < -0.4 is 0 Å². The van der Waals surface area contributed by atoms with E-state index in [0.29, 0.717) is 6.04 Å². The van der Waals surface area contributed by atoms with Gasteiger partial charge in [0.15, 0.2) is 0 Å². The van der Waals surface area contributed by atoms with E-state index >= 15 is 0 Å². The van der Waals surface area contributed by atoms with Gasteiger partial charge < -0.3 is 10.0 Å². The number of nitrogens with zero attached hydrogens (tertiary/aromatic N) is 1. The van der Waals surface area contributed by atoms with Gasteiger partial charge in [0, 0.05) is 12.6 Å². The number of hydrogen-bond acceptors (Lipinski definition) is 2. The molecule has 5 atom stereocenters. The molecule has 0 radical (unpaired) electrons. The molecule has 2 bridgehead atoms. The van der Waals surface area contributed by atoms with Gasteiger partial charge in [-0.05, 0) is 56.9 Å². The fraction of sp³-hybridized carbons (Fsp3) is 1.00. The summed E-state index contributed by atoms with van der Waals surface area (Å²) in [6.07, 6.45) is 13.3. The molecule has 3 rings (SSSR count). The average molecular weight is 265 g/mol. The summed E-state index contributed by atoms with van der Waals surface area (Å²) in [5.41, 5.74) is 0. The number of likely N-dealkylation sites (N-methyl/N-ethyl adjacent to an activating group) is 1. The van der Waals surface area contributed by atoms with Gasteiger partial charge in [0.25, 0.3) is 0 Å². The van der Waals surface area contributed by atoms with Crippen LogP contribution in [0.15, 0.2) is 0 Å². The first-order valence-corrected chi connectivity index (χ1v) is 8.62. The summed E-state index contributed by atoms with van der Waals surface area (Å²) in [6.45, 7) is 1.24. The van der Waals surface area contributed by atoms with E-state index in [2.05, 4.69) is 11.9 Å². The summed E-state index contributed by atoms with van der Waals surface area (Å²) in [4.78, 5) is 2.52. The minimum atomic E-state index is -0.0797. The van der Waals surface area contributed by atoms with Crippen molar-refractivity contribution in [3.05, 3.63) is 0 Å². The maximum Gasteiger partial charge on any atom is 0.0695 e. The highest BCUT2D eigenvalue weighted by Crippen LogP contribution is 2.48. The van der Waals surface area contributed by atoms with E-state index in [1.165, 1.54) is 64.3 Å². The molecule has 2 nitrogen and oxygen atoms in total. The first-order chi connectivity index (χ1) is 9.24. The zero-order valence-electron chi connectivity index (χ0n) is 12.6. The lowest BCUT2D eigenvalue weighted by atomic mass is 9.87. The predicted molar refractivity (Wildman–Crippen MR) is 79.1 cm³/mol. The van der Waals surface area contributed by atoms with Crippen LogP contribution >= 0.6 is 0 Å². The fourth-order valence-electron chi connectivity index (χ4n) is 5.06. The lowest BCUT2D eigenvalue weighted by molar-refractivity contribution is 0.0327. The summed E-state index contributed by atoms with van der Waals surface area (Å²) >= 11 is 0. The van der Waals surface area contributed by atoms with Gasteiger partial charge in [0.1, 0.15) is 0 Å². The summed E-state index contributed by atoms with van der Waals surface area (Å²) in [6, 6.07) is 0.430. The average Bonchev–Trinajstić information content (AvgIpc) is 2.96. The molecule has 2 heteroatoms. The summed E-state index contributed by atoms with van der Waals surface area (Å²) in [7, 11) is 2.27. The van der Waals surface area contributed by atoms with Crippen LogP contribution in [-0.2, 0) is 0 Å². The Hall–Kier alpha value is -0.0800. The maximum atomic E-state index is 10.4. The lowest BCUT2D eigenvalue weighted by Crippen LogP contribution is -2.44. The van der Waals surface area contributed by atoms with Gasteiger partial charge in [-0.15, -0.1) is 0 Å². The second-order valence-corrected chi connectivity index (χ2v) is 7.50. The third-order valence-corrected chi connectivity index (χ3v) is 6.17. The topological polar surface area (TPSA) is 23.5 Å². The predicted octanol–water partition coefficient (Wildman–Crippen LogP) is 3.44. The van der Waals surface area contributed by atoms with Crippen molar-refractivity contribution in [2.45, 2.75) is 76.4 Å². The van der Waals surface area contributed by atoms with Crippen LogP contribution in [0.3, 0.4) is 0 Å². The minimum Gasteiger partial charge on any atom is -0.391 e. The maximum absolute atomic E-state index is 10.4. The SMILES string of the molecule is CN(CC1CC2CCC1C2)C1CCCCCCC1O. The lowest BCUT2D eigenvalue weighted by Gasteiger charge is -2.36. The molecule has 3 aliphatic rings. The molecule has 0 aliphatic heterocycles. The molecule has 3 fully saturated rings. The quantitative estimate of drug-likeness (QED) is 0.845. The van der Waals surface area contributed by atoms with Crippen molar-refractivity contribution >= 4 is 0 Å². The monoisotopic (exact) mass is 265 g/mol. The van der Waals surface area contributed by atoms with Crippen molar-refractivity contribution in [1.82, 2.24) is 4.90 Å². The molecule has 0 aromatic heterocycles. The van der Waals surface area contributed by atoms with E-state index < -0.39 is 0 Å². The van der Waals surface area contributed by atoms with Crippen LogP contribution in [-0.4, -0.2) is 35.7 Å². The van der Waals surface area contributed by atoms with Crippen LogP contribution in [0.1, 0.15) is 64.2 Å². The minimum absolute atomic E-state index is 0.0797. The van der Waals surface area contributed by atoms with Crippen LogP contribution in [0, 0.1) is 17.8 Å². The van der Waals surface area contributed by atoms with Crippen LogP contribution in [0.5, 0.6) is 0 Å². The Morgan fingerprint density at radius 1 is 0.947 bits per heavy atom. The molecule has 0 amide bonds. The smallest absolute Gasteiger partial charge is 0.0695 e. The van der Waals surface area contributed by atoms with Crippen molar-refractivity contribution in [1.29, 1.82) is 0 Å². The molecule has 3 saturated carbocycles. The summed E-state index contributed by atoms with van der Waals surface area (Å²) in [5, 5.41) is 10.4. The standard InChI is InChI=1S/C17H31NO/c1-18(12-15-11-13-8-9-14(15)10-13)16-6-4-2-3-5-7-17(16)19/h13-17,19H,2-12H2,1H3. The van der Waals surface area contributed by atoms with Crippen molar-refractivity contribution in [3.8, 4) is 0 Å². The highest BCUT2D eigenvalue weighted by atomic mass is 16.3. The first-order valence-electron chi connectivity index (χ1n) is 8.62. The van der Waals surface area contributed by atoms with Crippen molar-refractivity contribution in [3.63, 3.8) is 0 Å². The zero-order valence-corrected chi connectivity index (χ0v) is 12.6. The van der Waals surface area contributed by atoms with Crippen LogP contribution in [0.4, 0.5) is 0 Å². The largest absolute Gasteiger partial charge is 0.391 e. The zero-order chi connectivity index (χ0) is 13.2. The van der Waals surface area contributed by atoms with E-state index in [-0.39, 0.29) is 6.10 Å². The Labute approximate surface area is 118 Å². The Kier molecular flexibility index (Phi) is 4.48. The summed E-state index contributed by atoms with van der Waals surface area (Å²) in [5.74, 6) is 2.99. The molecule has 0 saturated heterocycles. The normalized spacial score (nSPS) is 43.4. The third-order valence-electron chi connectivity index (χ3n) is 6.17. The molecule has 110 valence electrons. The highest BCUT2D eigenvalue weighted by molar-refractivity contribution is 4.92. The molecule has 19 heavy (non-hydrogen) atoms. The number of rotatable bonds is 3.